The maximum atomic E-state index is 13.6. The van der Waals surface area contributed by atoms with E-state index in [2.05, 4.69) is 26.1 Å². The second kappa shape index (κ2) is 6.91. The minimum absolute atomic E-state index is 0. The summed E-state index contributed by atoms with van der Waals surface area (Å²) < 4.78 is 19.3. The van der Waals surface area contributed by atoms with Crippen molar-refractivity contribution >= 4 is 12.4 Å². The lowest BCUT2D eigenvalue weighted by Crippen LogP contribution is -2.37. The molecule has 1 aromatic heterocycles. The Morgan fingerprint density at radius 3 is 2.50 bits per heavy atom. The number of nitrogens with one attached hydrogen (secondary N) is 1. The highest BCUT2D eigenvalue weighted by molar-refractivity contribution is 5.85. The van der Waals surface area contributed by atoms with Gasteiger partial charge in [-0.25, -0.2) is 4.39 Å². The van der Waals surface area contributed by atoms with Crippen molar-refractivity contribution in [3.05, 3.63) is 48.0 Å². The standard InChI is InChI=1S/C16H20FNO.ClH/c1-4-16(2,3)18-11-12-9-10-15(19-12)13-7-5-6-8-14(13)17;/h5-10,18H,4,11H2,1-3H3;1H. The van der Waals surface area contributed by atoms with Gasteiger partial charge in [-0.05, 0) is 44.5 Å². The third-order valence-corrected chi connectivity index (χ3v) is 3.43. The molecule has 0 saturated heterocycles. The van der Waals surface area contributed by atoms with Crippen molar-refractivity contribution in [1.29, 1.82) is 0 Å². The van der Waals surface area contributed by atoms with Crippen LogP contribution in [-0.4, -0.2) is 5.54 Å². The minimum Gasteiger partial charge on any atom is -0.460 e. The van der Waals surface area contributed by atoms with Crippen LogP contribution in [0, 0.1) is 5.82 Å². The van der Waals surface area contributed by atoms with Gasteiger partial charge in [-0.1, -0.05) is 19.1 Å². The number of rotatable bonds is 5. The van der Waals surface area contributed by atoms with Gasteiger partial charge in [-0.3, -0.25) is 0 Å². The van der Waals surface area contributed by atoms with Crippen molar-refractivity contribution in [1.82, 2.24) is 5.32 Å². The molecule has 0 fully saturated rings. The molecule has 0 unspecified atom stereocenters. The molecule has 1 aromatic carbocycles. The lowest BCUT2D eigenvalue weighted by molar-refractivity contribution is 0.353. The maximum absolute atomic E-state index is 13.6. The minimum atomic E-state index is -0.259. The van der Waals surface area contributed by atoms with Gasteiger partial charge < -0.3 is 9.73 Å². The molecule has 2 nitrogen and oxygen atoms in total. The average molecular weight is 298 g/mol. The fraction of sp³-hybridized carbons (Fsp3) is 0.375. The highest BCUT2D eigenvalue weighted by Crippen LogP contribution is 2.25. The summed E-state index contributed by atoms with van der Waals surface area (Å²) in [6.07, 6.45) is 1.04. The number of halogens is 2. The third kappa shape index (κ3) is 4.09. The van der Waals surface area contributed by atoms with Crippen molar-refractivity contribution in [3.63, 3.8) is 0 Å². The summed E-state index contributed by atoms with van der Waals surface area (Å²) >= 11 is 0. The van der Waals surface area contributed by atoms with E-state index in [1.165, 1.54) is 6.07 Å². The zero-order valence-corrected chi connectivity index (χ0v) is 12.9. The van der Waals surface area contributed by atoms with E-state index in [0.717, 1.165) is 12.2 Å². The first kappa shape index (κ1) is 16.7. The van der Waals surface area contributed by atoms with Gasteiger partial charge in [0, 0.05) is 5.54 Å². The Hall–Kier alpha value is -1.32. The van der Waals surface area contributed by atoms with E-state index < -0.39 is 0 Å². The first-order valence-corrected chi connectivity index (χ1v) is 6.60. The van der Waals surface area contributed by atoms with E-state index in [0.29, 0.717) is 17.9 Å². The molecule has 2 rings (SSSR count). The largest absolute Gasteiger partial charge is 0.460 e. The zero-order chi connectivity index (χ0) is 13.9. The van der Waals surface area contributed by atoms with Gasteiger partial charge in [0.05, 0.1) is 12.1 Å². The molecule has 0 radical (unpaired) electrons. The molecular formula is C16H21ClFNO. The molecule has 0 bridgehead atoms. The Morgan fingerprint density at radius 1 is 1.15 bits per heavy atom. The molecule has 2 aromatic rings. The van der Waals surface area contributed by atoms with Crippen molar-refractivity contribution < 1.29 is 8.81 Å². The van der Waals surface area contributed by atoms with Crippen LogP contribution in [0.4, 0.5) is 4.39 Å². The number of hydrogen-bond donors (Lipinski definition) is 1. The average Bonchev–Trinajstić information content (AvgIpc) is 2.86. The molecule has 110 valence electrons. The Bertz CT molecular complexity index is 551. The molecule has 0 atom stereocenters. The van der Waals surface area contributed by atoms with Crippen molar-refractivity contribution in [3.8, 4) is 11.3 Å². The van der Waals surface area contributed by atoms with Gasteiger partial charge in [-0.2, -0.15) is 0 Å². The van der Waals surface area contributed by atoms with Crippen LogP contribution in [0.5, 0.6) is 0 Å². The molecule has 0 spiro atoms. The summed E-state index contributed by atoms with van der Waals surface area (Å²) in [4.78, 5) is 0. The van der Waals surface area contributed by atoms with Gasteiger partial charge in [0.15, 0.2) is 0 Å². The van der Waals surface area contributed by atoms with Crippen LogP contribution in [0.15, 0.2) is 40.8 Å². The molecule has 0 aliphatic heterocycles. The summed E-state index contributed by atoms with van der Waals surface area (Å²) in [5.41, 5.74) is 0.578. The van der Waals surface area contributed by atoms with E-state index in [1.807, 2.05) is 12.1 Å². The summed E-state index contributed by atoms with van der Waals surface area (Å²) in [6.45, 7) is 7.08. The van der Waals surface area contributed by atoms with Gasteiger partial charge in [0.25, 0.3) is 0 Å². The topological polar surface area (TPSA) is 25.2 Å². The van der Waals surface area contributed by atoms with Gasteiger partial charge in [-0.15, -0.1) is 12.4 Å². The van der Waals surface area contributed by atoms with E-state index in [1.54, 1.807) is 18.2 Å². The van der Waals surface area contributed by atoms with Crippen molar-refractivity contribution in [2.45, 2.75) is 39.3 Å². The quantitative estimate of drug-likeness (QED) is 0.858. The highest BCUT2D eigenvalue weighted by Gasteiger charge is 2.15. The molecule has 4 heteroatoms. The number of hydrogen-bond acceptors (Lipinski definition) is 2. The van der Waals surface area contributed by atoms with Crippen LogP contribution in [0.25, 0.3) is 11.3 Å². The first-order valence-electron chi connectivity index (χ1n) is 6.60. The number of benzene rings is 1. The highest BCUT2D eigenvalue weighted by atomic mass is 35.5. The Balaban J connectivity index is 0.00000200. The normalized spacial score (nSPS) is 11.2. The fourth-order valence-corrected chi connectivity index (χ4v) is 1.73. The van der Waals surface area contributed by atoms with Crippen LogP contribution in [0.3, 0.4) is 0 Å². The monoisotopic (exact) mass is 297 g/mol. The van der Waals surface area contributed by atoms with E-state index in [-0.39, 0.29) is 23.8 Å². The third-order valence-electron chi connectivity index (χ3n) is 3.43. The smallest absolute Gasteiger partial charge is 0.137 e. The SMILES string of the molecule is CCC(C)(C)NCc1ccc(-c2ccccc2F)o1.Cl. The fourth-order valence-electron chi connectivity index (χ4n) is 1.73. The summed E-state index contributed by atoms with van der Waals surface area (Å²) in [7, 11) is 0. The summed E-state index contributed by atoms with van der Waals surface area (Å²) in [5, 5.41) is 3.42. The Labute approximate surface area is 125 Å². The molecule has 0 saturated carbocycles. The molecular weight excluding hydrogens is 277 g/mol. The van der Waals surface area contributed by atoms with Gasteiger partial charge >= 0.3 is 0 Å². The lowest BCUT2D eigenvalue weighted by Gasteiger charge is -2.23. The van der Waals surface area contributed by atoms with Crippen LogP contribution in [-0.2, 0) is 6.54 Å². The molecule has 0 aliphatic carbocycles. The van der Waals surface area contributed by atoms with Crippen LogP contribution >= 0.6 is 12.4 Å². The second-order valence-corrected chi connectivity index (χ2v) is 5.34. The van der Waals surface area contributed by atoms with Crippen LogP contribution in [0.2, 0.25) is 0 Å². The molecule has 20 heavy (non-hydrogen) atoms. The van der Waals surface area contributed by atoms with E-state index >= 15 is 0 Å². The molecule has 1 N–H and O–H groups in total. The maximum Gasteiger partial charge on any atom is 0.137 e. The van der Waals surface area contributed by atoms with E-state index in [9.17, 15) is 4.39 Å². The molecule has 0 amide bonds. The van der Waals surface area contributed by atoms with Crippen molar-refractivity contribution in [2.75, 3.05) is 0 Å². The van der Waals surface area contributed by atoms with Crippen molar-refractivity contribution in [2.24, 2.45) is 0 Å². The summed E-state index contributed by atoms with van der Waals surface area (Å²) in [6, 6.07) is 10.3. The predicted octanol–water partition coefficient (Wildman–Crippen LogP) is 4.79. The predicted molar refractivity (Wildman–Crippen MR) is 82.6 cm³/mol. The van der Waals surface area contributed by atoms with Crippen LogP contribution in [0.1, 0.15) is 33.0 Å². The van der Waals surface area contributed by atoms with Crippen LogP contribution < -0.4 is 5.32 Å². The Kier molecular flexibility index (Phi) is 5.78. The van der Waals surface area contributed by atoms with E-state index in [4.69, 9.17) is 4.42 Å². The lowest BCUT2D eigenvalue weighted by atomic mass is 10.0. The summed E-state index contributed by atoms with van der Waals surface area (Å²) in [5.74, 6) is 1.13. The van der Waals surface area contributed by atoms with Gasteiger partial charge in [0.1, 0.15) is 17.3 Å². The van der Waals surface area contributed by atoms with Gasteiger partial charge in [0.2, 0.25) is 0 Å². The zero-order valence-electron chi connectivity index (χ0n) is 12.1. The molecule has 0 aliphatic rings. The molecule has 1 heterocycles. The second-order valence-electron chi connectivity index (χ2n) is 5.34. The first-order chi connectivity index (χ1) is 9.02. The number of furan rings is 1. The Morgan fingerprint density at radius 2 is 1.85 bits per heavy atom.